The number of benzene rings is 2. The van der Waals surface area contributed by atoms with E-state index in [-0.39, 0.29) is 19.4 Å². The predicted molar refractivity (Wildman–Crippen MR) is 137 cm³/mol. The number of esters is 1. The van der Waals surface area contributed by atoms with Gasteiger partial charge in [0.25, 0.3) is 5.91 Å². The normalized spacial score (nSPS) is 14.1. The number of amides is 2. The second-order valence-corrected chi connectivity index (χ2v) is 9.92. The van der Waals surface area contributed by atoms with Gasteiger partial charge < -0.3 is 25.2 Å². The molecule has 0 spiro atoms. The summed E-state index contributed by atoms with van der Waals surface area (Å²) in [7, 11) is 0. The number of alkyl carbamates (subject to hydrolysis) is 1. The fourth-order valence-electron chi connectivity index (χ4n) is 3.59. The van der Waals surface area contributed by atoms with Crippen molar-refractivity contribution >= 4 is 18.0 Å². The molecule has 2 rings (SSSR count). The van der Waals surface area contributed by atoms with Crippen LogP contribution < -0.4 is 10.6 Å². The molecule has 0 aromatic heterocycles. The summed E-state index contributed by atoms with van der Waals surface area (Å²) in [5, 5.41) is 14.8. The molecule has 38 heavy (non-hydrogen) atoms. The van der Waals surface area contributed by atoms with Gasteiger partial charge in [-0.2, -0.15) is 8.78 Å². The number of aliphatic hydroxyl groups excluding tert-OH is 1. The topological polar surface area (TPSA) is 114 Å². The van der Waals surface area contributed by atoms with Gasteiger partial charge in [-0.1, -0.05) is 74.0 Å². The number of ether oxygens (including phenoxy) is 2. The summed E-state index contributed by atoms with van der Waals surface area (Å²) in [6, 6.07) is 14.4. The minimum Gasteiger partial charge on any atom is -0.459 e. The summed E-state index contributed by atoms with van der Waals surface area (Å²) >= 11 is 0. The van der Waals surface area contributed by atoms with Crippen molar-refractivity contribution in [1.29, 1.82) is 0 Å². The van der Waals surface area contributed by atoms with Gasteiger partial charge >= 0.3 is 18.0 Å². The largest absolute Gasteiger partial charge is 0.459 e. The Labute approximate surface area is 221 Å². The lowest BCUT2D eigenvalue weighted by atomic mass is 9.98. The first-order valence-corrected chi connectivity index (χ1v) is 12.4. The van der Waals surface area contributed by atoms with Crippen molar-refractivity contribution < 1.29 is 37.7 Å². The number of aliphatic hydroxyl groups is 1. The van der Waals surface area contributed by atoms with E-state index in [9.17, 15) is 19.5 Å². The minimum atomic E-state index is -4.34. The van der Waals surface area contributed by atoms with Crippen molar-refractivity contribution in [2.24, 2.45) is 0 Å². The number of carbonyl (C=O) groups excluding carboxylic acids is 3. The first-order valence-electron chi connectivity index (χ1n) is 12.4. The van der Waals surface area contributed by atoms with Gasteiger partial charge in [-0.05, 0) is 38.3 Å². The lowest BCUT2D eigenvalue weighted by Crippen LogP contribution is -2.60. The van der Waals surface area contributed by atoms with E-state index in [0.717, 1.165) is 0 Å². The Hall–Kier alpha value is -3.53. The molecule has 3 atom stereocenters. The second kappa shape index (κ2) is 13.9. The first-order chi connectivity index (χ1) is 17.8. The van der Waals surface area contributed by atoms with Crippen molar-refractivity contribution in [1.82, 2.24) is 10.6 Å². The molecule has 2 aromatic carbocycles. The van der Waals surface area contributed by atoms with E-state index in [1.807, 2.05) is 5.32 Å². The third-order valence-electron chi connectivity index (χ3n) is 5.45. The Kier molecular flexibility index (Phi) is 11.2. The van der Waals surface area contributed by atoms with Crippen molar-refractivity contribution in [2.75, 3.05) is 0 Å². The standard InChI is InChI=1S/C28H36F2N2O6/c1-5-12-21(32-26(36)38-27(2,3)4)23(33)28(29,30)25(35)31-22(17-19-13-8-6-9-14-19)24(34)37-18-20-15-10-7-11-16-20/h6-11,13-16,21-23,33H,5,12,17-18H2,1-4H3,(H,31,35)(H,32,36)/t21-,22-,23?/m0/s1. The average Bonchev–Trinajstić information content (AvgIpc) is 2.86. The van der Waals surface area contributed by atoms with Crippen LogP contribution in [0.15, 0.2) is 60.7 Å². The quantitative estimate of drug-likeness (QED) is 0.353. The van der Waals surface area contributed by atoms with Crippen molar-refractivity contribution in [3.8, 4) is 0 Å². The fraction of sp³-hybridized carbons (Fsp3) is 0.464. The number of alkyl halides is 2. The van der Waals surface area contributed by atoms with E-state index >= 15 is 8.78 Å². The number of halogens is 2. The van der Waals surface area contributed by atoms with Crippen LogP contribution in [0.3, 0.4) is 0 Å². The molecule has 2 aromatic rings. The number of hydrogen-bond donors (Lipinski definition) is 3. The molecule has 3 N–H and O–H groups in total. The maximum Gasteiger partial charge on any atom is 0.407 e. The highest BCUT2D eigenvalue weighted by Gasteiger charge is 2.51. The van der Waals surface area contributed by atoms with E-state index in [4.69, 9.17) is 9.47 Å². The Bertz CT molecular complexity index is 1040. The van der Waals surface area contributed by atoms with Gasteiger partial charge in [-0.15, -0.1) is 0 Å². The van der Waals surface area contributed by atoms with Crippen molar-refractivity contribution in [2.45, 2.75) is 83.3 Å². The smallest absolute Gasteiger partial charge is 0.407 e. The number of rotatable bonds is 12. The zero-order chi connectivity index (χ0) is 28.3. The predicted octanol–water partition coefficient (Wildman–Crippen LogP) is 4.15. The summed E-state index contributed by atoms with van der Waals surface area (Å²) in [6.45, 7) is 6.36. The maximum atomic E-state index is 15.2. The Morgan fingerprint density at radius 3 is 2.00 bits per heavy atom. The summed E-state index contributed by atoms with van der Waals surface area (Å²) in [5.41, 5.74) is 0.395. The molecule has 0 heterocycles. The van der Waals surface area contributed by atoms with Crippen LogP contribution in [0.25, 0.3) is 0 Å². The van der Waals surface area contributed by atoms with Crippen LogP contribution >= 0.6 is 0 Å². The molecule has 0 radical (unpaired) electrons. The number of carbonyl (C=O) groups is 3. The molecule has 0 aliphatic heterocycles. The SMILES string of the molecule is CCC[C@H](NC(=O)OC(C)(C)C)C(O)C(F)(F)C(=O)N[C@@H](Cc1ccccc1)C(=O)OCc1ccccc1. The van der Waals surface area contributed by atoms with Crippen LogP contribution in [0.5, 0.6) is 0 Å². The number of hydrogen-bond acceptors (Lipinski definition) is 6. The zero-order valence-corrected chi connectivity index (χ0v) is 22.1. The monoisotopic (exact) mass is 534 g/mol. The second-order valence-electron chi connectivity index (χ2n) is 9.92. The molecule has 0 fully saturated rings. The Balaban J connectivity index is 2.18. The number of nitrogens with one attached hydrogen (secondary N) is 2. The van der Waals surface area contributed by atoms with Crippen LogP contribution in [-0.4, -0.2) is 52.8 Å². The highest BCUT2D eigenvalue weighted by atomic mass is 19.3. The van der Waals surface area contributed by atoms with Crippen LogP contribution in [-0.2, 0) is 32.1 Å². The Morgan fingerprint density at radius 2 is 1.47 bits per heavy atom. The van der Waals surface area contributed by atoms with Gasteiger partial charge in [0.05, 0.1) is 6.04 Å². The van der Waals surface area contributed by atoms with Gasteiger partial charge in [-0.3, -0.25) is 4.79 Å². The van der Waals surface area contributed by atoms with E-state index in [1.165, 1.54) is 0 Å². The lowest BCUT2D eigenvalue weighted by Gasteiger charge is -2.31. The average molecular weight is 535 g/mol. The molecule has 0 bridgehead atoms. The molecule has 208 valence electrons. The van der Waals surface area contributed by atoms with Crippen LogP contribution in [0, 0.1) is 0 Å². The summed E-state index contributed by atoms with van der Waals surface area (Å²) in [4.78, 5) is 37.7. The molecule has 1 unspecified atom stereocenters. The van der Waals surface area contributed by atoms with Gasteiger partial charge in [-0.25, -0.2) is 9.59 Å². The zero-order valence-electron chi connectivity index (χ0n) is 22.1. The van der Waals surface area contributed by atoms with Gasteiger partial charge in [0.15, 0.2) is 0 Å². The molecule has 0 saturated carbocycles. The molecule has 2 amide bonds. The highest BCUT2D eigenvalue weighted by Crippen LogP contribution is 2.25. The Morgan fingerprint density at radius 1 is 0.921 bits per heavy atom. The van der Waals surface area contributed by atoms with Crippen LogP contribution in [0.2, 0.25) is 0 Å². The summed E-state index contributed by atoms with van der Waals surface area (Å²) in [5.74, 6) is -7.12. The van der Waals surface area contributed by atoms with E-state index in [1.54, 1.807) is 88.4 Å². The summed E-state index contributed by atoms with van der Waals surface area (Å²) in [6.07, 6.45) is -3.40. The molecular formula is C28H36F2N2O6. The molecule has 0 aliphatic carbocycles. The third kappa shape index (κ3) is 9.74. The first kappa shape index (κ1) is 30.7. The van der Waals surface area contributed by atoms with Gasteiger partial charge in [0.1, 0.15) is 24.4 Å². The molecule has 10 heteroatoms. The molecule has 0 aliphatic rings. The van der Waals surface area contributed by atoms with E-state index < -0.39 is 47.7 Å². The molecular weight excluding hydrogens is 498 g/mol. The molecule has 0 saturated heterocycles. The van der Waals surface area contributed by atoms with Crippen molar-refractivity contribution in [3.63, 3.8) is 0 Å². The highest BCUT2D eigenvalue weighted by molar-refractivity contribution is 5.89. The fourth-order valence-corrected chi connectivity index (χ4v) is 3.59. The van der Waals surface area contributed by atoms with Crippen molar-refractivity contribution in [3.05, 3.63) is 71.8 Å². The maximum absolute atomic E-state index is 15.2. The summed E-state index contributed by atoms with van der Waals surface area (Å²) < 4.78 is 40.7. The van der Waals surface area contributed by atoms with Gasteiger partial charge in [0, 0.05) is 6.42 Å². The molecule has 8 nitrogen and oxygen atoms in total. The van der Waals surface area contributed by atoms with E-state index in [0.29, 0.717) is 17.5 Å². The van der Waals surface area contributed by atoms with Gasteiger partial charge in [0.2, 0.25) is 0 Å². The van der Waals surface area contributed by atoms with Crippen LogP contribution in [0.1, 0.15) is 51.7 Å². The van der Waals surface area contributed by atoms with E-state index in [2.05, 4.69) is 5.32 Å². The third-order valence-corrected chi connectivity index (χ3v) is 5.45. The lowest BCUT2D eigenvalue weighted by molar-refractivity contribution is -0.170. The minimum absolute atomic E-state index is 0.0458. The van der Waals surface area contributed by atoms with Crippen LogP contribution in [0.4, 0.5) is 13.6 Å².